The van der Waals surface area contributed by atoms with Gasteiger partial charge in [0, 0.05) is 31.3 Å². The fraction of sp³-hybridized carbons (Fsp3) is 0.500. The molecule has 0 aliphatic rings. The van der Waals surface area contributed by atoms with Gasteiger partial charge >= 0.3 is 0 Å². The average Bonchev–Trinajstić information content (AvgIpc) is 2.46. The lowest BCUT2D eigenvalue weighted by Crippen LogP contribution is -2.35. The van der Waals surface area contributed by atoms with E-state index >= 15 is 0 Å². The predicted molar refractivity (Wildman–Crippen MR) is 88.5 cm³/mol. The first kappa shape index (κ1) is 15.9. The van der Waals surface area contributed by atoms with Crippen LogP contribution in [-0.4, -0.2) is 23.7 Å². The van der Waals surface area contributed by atoms with Crippen molar-refractivity contribution in [3.63, 3.8) is 0 Å². The Hall–Kier alpha value is -1.45. The van der Waals surface area contributed by atoms with Gasteiger partial charge in [0.2, 0.25) is 0 Å². The highest BCUT2D eigenvalue weighted by Crippen LogP contribution is 2.21. The lowest BCUT2D eigenvalue weighted by molar-refractivity contribution is 0.00845. The van der Waals surface area contributed by atoms with E-state index < -0.39 is 0 Å². The normalized spacial score (nSPS) is 13.6. The summed E-state index contributed by atoms with van der Waals surface area (Å²) in [6.07, 6.45) is 2.82. The summed E-state index contributed by atoms with van der Waals surface area (Å²) in [6.45, 7) is 9.47. The van der Waals surface area contributed by atoms with Gasteiger partial charge in [0.1, 0.15) is 0 Å². The molecule has 114 valence electrons. The van der Waals surface area contributed by atoms with Gasteiger partial charge in [-0.15, -0.1) is 0 Å². The Kier molecular flexibility index (Phi) is 4.96. The zero-order valence-corrected chi connectivity index (χ0v) is 13.7. The molecule has 0 spiro atoms. The number of nitrogens with zero attached hydrogens (tertiary/aromatic N) is 1. The molecule has 1 N–H and O–H groups in total. The van der Waals surface area contributed by atoms with E-state index in [1.165, 1.54) is 16.5 Å². The first-order valence-corrected chi connectivity index (χ1v) is 7.55. The standard InChI is InChI=1S/C18H26N2O/c1-13-8-9-17-15(7-6-10-19-17)16(13)12-20-14(2)11-18(3,4)21-5/h6-10,14,20H,11-12H2,1-5H3/t14-/m0/s1. The Bertz CT molecular complexity index is 607. The van der Waals surface area contributed by atoms with Crippen LogP contribution in [0.2, 0.25) is 0 Å². The molecule has 1 aromatic heterocycles. The van der Waals surface area contributed by atoms with E-state index in [1.807, 2.05) is 12.3 Å². The van der Waals surface area contributed by atoms with Crippen LogP contribution in [0.5, 0.6) is 0 Å². The lowest BCUT2D eigenvalue weighted by Gasteiger charge is -2.27. The summed E-state index contributed by atoms with van der Waals surface area (Å²) in [6, 6.07) is 8.78. The Morgan fingerprint density at radius 3 is 2.76 bits per heavy atom. The molecule has 0 saturated heterocycles. The largest absolute Gasteiger partial charge is 0.379 e. The number of aromatic nitrogens is 1. The molecule has 1 aromatic carbocycles. The highest BCUT2D eigenvalue weighted by molar-refractivity contribution is 5.83. The average molecular weight is 286 g/mol. The number of aryl methyl sites for hydroxylation is 1. The van der Waals surface area contributed by atoms with Crippen LogP contribution in [0.1, 0.15) is 38.3 Å². The molecule has 0 amide bonds. The lowest BCUT2D eigenvalue weighted by atomic mass is 9.98. The molecule has 1 heterocycles. The molecule has 0 fully saturated rings. The summed E-state index contributed by atoms with van der Waals surface area (Å²) < 4.78 is 5.50. The van der Waals surface area contributed by atoms with Gasteiger partial charge in [0.05, 0.1) is 11.1 Å². The number of hydrogen-bond donors (Lipinski definition) is 1. The van der Waals surface area contributed by atoms with Gasteiger partial charge in [-0.05, 0) is 57.4 Å². The summed E-state index contributed by atoms with van der Waals surface area (Å²) in [5.74, 6) is 0. The maximum atomic E-state index is 5.50. The molecule has 0 unspecified atom stereocenters. The number of methoxy groups -OCH3 is 1. The van der Waals surface area contributed by atoms with Crippen molar-refractivity contribution in [2.75, 3.05) is 7.11 Å². The van der Waals surface area contributed by atoms with E-state index in [-0.39, 0.29) is 5.60 Å². The van der Waals surface area contributed by atoms with Crippen molar-refractivity contribution in [1.82, 2.24) is 10.3 Å². The summed E-state index contributed by atoms with van der Waals surface area (Å²) >= 11 is 0. The Morgan fingerprint density at radius 2 is 2.05 bits per heavy atom. The van der Waals surface area contributed by atoms with E-state index in [0.29, 0.717) is 6.04 Å². The van der Waals surface area contributed by atoms with Crippen LogP contribution in [0, 0.1) is 6.92 Å². The third kappa shape index (κ3) is 4.02. The number of rotatable bonds is 6. The number of ether oxygens (including phenoxy) is 1. The van der Waals surface area contributed by atoms with Crippen molar-refractivity contribution in [2.45, 2.75) is 52.3 Å². The van der Waals surface area contributed by atoms with Crippen LogP contribution in [-0.2, 0) is 11.3 Å². The first-order chi connectivity index (χ1) is 9.93. The van der Waals surface area contributed by atoms with E-state index in [9.17, 15) is 0 Å². The quantitative estimate of drug-likeness (QED) is 0.876. The molecule has 1 atom stereocenters. The summed E-state index contributed by atoms with van der Waals surface area (Å²) in [5.41, 5.74) is 3.61. The van der Waals surface area contributed by atoms with Crippen molar-refractivity contribution < 1.29 is 4.74 Å². The maximum Gasteiger partial charge on any atom is 0.0705 e. The van der Waals surface area contributed by atoms with Crippen molar-refractivity contribution in [3.8, 4) is 0 Å². The van der Waals surface area contributed by atoms with Crippen molar-refractivity contribution in [2.24, 2.45) is 0 Å². The first-order valence-electron chi connectivity index (χ1n) is 7.55. The second-order valence-corrected chi connectivity index (χ2v) is 6.38. The van der Waals surface area contributed by atoms with Crippen molar-refractivity contribution in [3.05, 3.63) is 41.6 Å². The zero-order valence-electron chi connectivity index (χ0n) is 13.7. The minimum atomic E-state index is -0.0955. The van der Waals surface area contributed by atoms with Crippen LogP contribution in [0.15, 0.2) is 30.5 Å². The van der Waals surface area contributed by atoms with Crippen LogP contribution in [0.25, 0.3) is 10.9 Å². The fourth-order valence-corrected chi connectivity index (χ4v) is 2.73. The Morgan fingerprint density at radius 1 is 1.29 bits per heavy atom. The van der Waals surface area contributed by atoms with Gasteiger partial charge < -0.3 is 10.1 Å². The second-order valence-electron chi connectivity index (χ2n) is 6.38. The Balaban J connectivity index is 2.12. The number of hydrogen-bond acceptors (Lipinski definition) is 3. The third-order valence-electron chi connectivity index (χ3n) is 4.11. The number of pyridine rings is 1. The molecule has 2 rings (SSSR count). The van der Waals surface area contributed by atoms with Crippen LogP contribution >= 0.6 is 0 Å². The smallest absolute Gasteiger partial charge is 0.0705 e. The van der Waals surface area contributed by atoms with Crippen LogP contribution in [0.4, 0.5) is 0 Å². The van der Waals surface area contributed by atoms with E-state index in [4.69, 9.17) is 4.74 Å². The zero-order chi connectivity index (χ0) is 15.5. The van der Waals surface area contributed by atoms with Gasteiger partial charge in [-0.25, -0.2) is 0 Å². The number of benzene rings is 1. The molecule has 3 heteroatoms. The molecule has 0 aliphatic carbocycles. The minimum Gasteiger partial charge on any atom is -0.379 e. The molecule has 0 bridgehead atoms. The maximum absolute atomic E-state index is 5.50. The van der Waals surface area contributed by atoms with Gasteiger partial charge in [0.25, 0.3) is 0 Å². The minimum absolute atomic E-state index is 0.0955. The van der Waals surface area contributed by atoms with Crippen LogP contribution in [0.3, 0.4) is 0 Å². The molecule has 0 aliphatic heterocycles. The summed E-state index contributed by atoms with van der Waals surface area (Å²) in [4.78, 5) is 4.43. The molecule has 2 aromatic rings. The van der Waals surface area contributed by atoms with Gasteiger partial charge in [0.15, 0.2) is 0 Å². The monoisotopic (exact) mass is 286 g/mol. The predicted octanol–water partition coefficient (Wildman–Crippen LogP) is 3.84. The van der Waals surface area contributed by atoms with Crippen molar-refractivity contribution in [1.29, 1.82) is 0 Å². The van der Waals surface area contributed by atoms with Gasteiger partial charge in [-0.2, -0.15) is 0 Å². The van der Waals surface area contributed by atoms with E-state index in [0.717, 1.165) is 18.5 Å². The third-order valence-corrected chi connectivity index (χ3v) is 4.11. The molecule has 0 saturated carbocycles. The molecule has 3 nitrogen and oxygen atoms in total. The summed E-state index contributed by atoms with van der Waals surface area (Å²) in [5, 5.41) is 4.85. The second kappa shape index (κ2) is 6.54. The SMILES string of the molecule is COC(C)(C)C[C@H](C)NCc1c(C)ccc2ncccc12. The highest BCUT2D eigenvalue weighted by Gasteiger charge is 2.20. The summed E-state index contributed by atoms with van der Waals surface area (Å²) in [7, 11) is 1.77. The molecule has 0 radical (unpaired) electrons. The molecular formula is C18H26N2O. The van der Waals surface area contributed by atoms with E-state index in [1.54, 1.807) is 7.11 Å². The number of fused-ring (bicyclic) bond motifs is 1. The number of nitrogens with one attached hydrogen (secondary N) is 1. The molecular weight excluding hydrogens is 260 g/mol. The van der Waals surface area contributed by atoms with Gasteiger partial charge in [-0.3, -0.25) is 4.98 Å². The van der Waals surface area contributed by atoms with E-state index in [2.05, 4.69) is 56.2 Å². The highest BCUT2D eigenvalue weighted by atomic mass is 16.5. The Labute approximate surface area is 127 Å². The molecule has 21 heavy (non-hydrogen) atoms. The van der Waals surface area contributed by atoms with Crippen LogP contribution < -0.4 is 5.32 Å². The van der Waals surface area contributed by atoms with Crippen molar-refractivity contribution >= 4 is 10.9 Å². The topological polar surface area (TPSA) is 34.1 Å². The van der Waals surface area contributed by atoms with Gasteiger partial charge in [-0.1, -0.05) is 12.1 Å². The fourth-order valence-electron chi connectivity index (χ4n) is 2.73.